The number of aryl methyl sites for hydroxylation is 1. The lowest BCUT2D eigenvalue weighted by Gasteiger charge is -2.26. The molecule has 29 heavy (non-hydrogen) atoms. The van der Waals surface area contributed by atoms with Gasteiger partial charge in [-0.15, -0.1) is 0 Å². The molecule has 0 unspecified atom stereocenters. The first kappa shape index (κ1) is 20.4. The molecule has 2 heterocycles. The lowest BCUT2D eigenvalue weighted by atomic mass is 9.87. The predicted molar refractivity (Wildman–Crippen MR) is 105 cm³/mol. The Morgan fingerprint density at radius 3 is 2.45 bits per heavy atom. The van der Waals surface area contributed by atoms with Gasteiger partial charge >= 0.3 is 6.03 Å². The number of imide groups is 1. The van der Waals surface area contributed by atoms with E-state index in [2.05, 4.69) is 5.32 Å². The Morgan fingerprint density at radius 2 is 1.90 bits per heavy atom. The fraction of sp³-hybridized carbons (Fsp3) is 0.381. The molecule has 2 aromatic rings. The van der Waals surface area contributed by atoms with Gasteiger partial charge in [0.15, 0.2) is 0 Å². The molecule has 1 saturated heterocycles. The molecule has 0 aliphatic carbocycles. The van der Waals surface area contributed by atoms with E-state index in [1.165, 1.54) is 4.90 Å². The fourth-order valence-corrected chi connectivity index (χ4v) is 3.43. The summed E-state index contributed by atoms with van der Waals surface area (Å²) in [6.45, 7) is 3.56. The summed E-state index contributed by atoms with van der Waals surface area (Å²) < 4.78 is 10.6. The van der Waals surface area contributed by atoms with Gasteiger partial charge in [-0.05, 0) is 43.2 Å². The number of likely N-dealkylation sites (N-methyl/N-ethyl adjacent to an activating group) is 1. The highest BCUT2D eigenvalue weighted by Crippen LogP contribution is 2.33. The van der Waals surface area contributed by atoms with Crippen LogP contribution in [0.15, 0.2) is 40.8 Å². The number of urea groups is 1. The van der Waals surface area contributed by atoms with Crippen LogP contribution >= 0.6 is 0 Å². The Labute approximate surface area is 169 Å². The minimum Gasteiger partial charge on any atom is -0.497 e. The molecule has 154 valence electrons. The third-order valence-corrected chi connectivity index (χ3v) is 5.20. The van der Waals surface area contributed by atoms with Gasteiger partial charge in [0, 0.05) is 7.05 Å². The first-order valence-corrected chi connectivity index (χ1v) is 9.38. The largest absolute Gasteiger partial charge is 0.497 e. The lowest BCUT2D eigenvalue weighted by molar-refractivity contribution is -0.139. The van der Waals surface area contributed by atoms with Gasteiger partial charge in [-0.3, -0.25) is 14.5 Å². The van der Waals surface area contributed by atoms with E-state index < -0.39 is 17.5 Å². The van der Waals surface area contributed by atoms with E-state index in [1.54, 1.807) is 44.5 Å². The van der Waals surface area contributed by atoms with Gasteiger partial charge in [0.05, 0.1) is 13.7 Å². The third kappa shape index (κ3) is 3.83. The number of carbonyl (C=O) groups excluding carboxylic acids is 3. The molecule has 3 rings (SSSR count). The van der Waals surface area contributed by atoms with Crippen LogP contribution in [-0.4, -0.2) is 48.3 Å². The molecular formula is C21H25N3O5. The highest BCUT2D eigenvalue weighted by molar-refractivity contribution is 6.09. The molecule has 8 nitrogen and oxygen atoms in total. The van der Waals surface area contributed by atoms with Crippen molar-refractivity contribution in [2.45, 2.75) is 32.4 Å². The molecule has 0 spiro atoms. The summed E-state index contributed by atoms with van der Waals surface area (Å²) in [6.07, 6.45) is 0.357. The van der Waals surface area contributed by atoms with Crippen molar-refractivity contribution in [3.63, 3.8) is 0 Å². The second kappa shape index (κ2) is 7.98. The number of ether oxygens (including phenoxy) is 1. The van der Waals surface area contributed by atoms with Crippen LogP contribution in [-0.2, 0) is 21.7 Å². The van der Waals surface area contributed by atoms with E-state index in [-0.39, 0.29) is 19.0 Å². The van der Waals surface area contributed by atoms with Crippen LogP contribution < -0.4 is 10.1 Å². The third-order valence-electron chi connectivity index (χ3n) is 5.20. The number of rotatable bonds is 7. The summed E-state index contributed by atoms with van der Waals surface area (Å²) in [7, 11) is 3.16. The number of amides is 4. The lowest BCUT2D eigenvalue weighted by Crippen LogP contribution is -2.45. The maximum absolute atomic E-state index is 13.2. The van der Waals surface area contributed by atoms with Gasteiger partial charge in [-0.2, -0.15) is 0 Å². The van der Waals surface area contributed by atoms with Gasteiger partial charge in [0.25, 0.3) is 5.91 Å². The zero-order valence-corrected chi connectivity index (χ0v) is 17.0. The van der Waals surface area contributed by atoms with Crippen molar-refractivity contribution >= 4 is 17.8 Å². The van der Waals surface area contributed by atoms with Gasteiger partial charge in [-0.1, -0.05) is 19.1 Å². The Bertz CT molecular complexity index is 921. The summed E-state index contributed by atoms with van der Waals surface area (Å²) in [5, 5.41) is 2.78. The summed E-state index contributed by atoms with van der Waals surface area (Å²) in [6, 6.07) is 9.99. The second-order valence-electron chi connectivity index (χ2n) is 7.07. The van der Waals surface area contributed by atoms with E-state index in [0.717, 1.165) is 10.7 Å². The van der Waals surface area contributed by atoms with Crippen molar-refractivity contribution in [2.24, 2.45) is 0 Å². The SMILES string of the molecule is CC[C@]1(c2ccc(OC)cc2)NC(=O)N(CC(=O)N(C)Cc2ccc(C)o2)C1=O. The van der Waals surface area contributed by atoms with Gasteiger partial charge < -0.3 is 19.4 Å². The normalized spacial score (nSPS) is 18.7. The van der Waals surface area contributed by atoms with Crippen LogP contribution in [0.1, 0.15) is 30.4 Å². The summed E-state index contributed by atoms with van der Waals surface area (Å²) in [5.74, 6) is 1.24. The fourth-order valence-electron chi connectivity index (χ4n) is 3.43. The summed E-state index contributed by atoms with van der Waals surface area (Å²) in [5.41, 5.74) is -0.547. The number of benzene rings is 1. The molecule has 0 radical (unpaired) electrons. The number of methoxy groups -OCH3 is 1. The van der Waals surface area contributed by atoms with E-state index in [0.29, 0.717) is 23.5 Å². The molecular weight excluding hydrogens is 374 g/mol. The Balaban J connectivity index is 1.75. The van der Waals surface area contributed by atoms with Crippen molar-refractivity contribution in [2.75, 3.05) is 20.7 Å². The number of nitrogens with one attached hydrogen (secondary N) is 1. The molecule has 1 N–H and O–H groups in total. The topological polar surface area (TPSA) is 92.1 Å². The van der Waals surface area contributed by atoms with Crippen LogP contribution in [0.3, 0.4) is 0 Å². The minimum atomic E-state index is -1.19. The molecule has 1 aliphatic heterocycles. The summed E-state index contributed by atoms with van der Waals surface area (Å²) in [4.78, 5) is 40.7. The smallest absolute Gasteiger partial charge is 0.325 e. The number of furan rings is 1. The molecule has 1 atom stereocenters. The molecule has 0 saturated carbocycles. The van der Waals surface area contributed by atoms with Crippen LogP contribution in [0, 0.1) is 6.92 Å². The second-order valence-corrected chi connectivity index (χ2v) is 7.07. The van der Waals surface area contributed by atoms with E-state index in [4.69, 9.17) is 9.15 Å². The molecule has 1 fully saturated rings. The van der Waals surface area contributed by atoms with Crippen molar-refractivity contribution in [1.82, 2.24) is 15.1 Å². The van der Waals surface area contributed by atoms with E-state index in [9.17, 15) is 14.4 Å². The van der Waals surface area contributed by atoms with Gasteiger partial charge in [0.2, 0.25) is 5.91 Å². The zero-order valence-electron chi connectivity index (χ0n) is 17.0. The molecule has 1 aromatic carbocycles. The zero-order chi connectivity index (χ0) is 21.2. The van der Waals surface area contributed by atoms with E-state index in [1.807, 2.05) is 19.9 Å². The number of hydrogen-bond donors (Lipinski definition) is 1. The Hall–Kier alpha value is -3.29. The standard InChI is InChI=1S/C21H25N3O5/c1-5-21(15-7-10-16(28-4)11-8-15)19(26)24(20(27)22-21)13-18(25)23(3)12-17-9-6-14(2)29-17/h6-11H,5,12-13H2,1-4H3,(H,22,27)/t21-/m1/s1. The monoisotopic (exact) mass is 399 g/mol. The predicted octanol–water partition coefficient (Wildman–Crippen LogP) is 2.41. The average Bonchev–Trinajstić information content (AvgIpc) is 3.23. The van der Waals surface area contributed by atoms with Crippen molar-refractivity contribution < 1.29 is 23.5 Å². The summed E-state index contributed by atoms with van der Waals surface area (Å²) >= 11 is 0. The maximum Gasteiger partial charge on any atom is 0.325 e. The van der Waals surface area contributed by atoms with Gasteiger partial charge in [0.1, 0.15) is 29.4 Å². The maximum atomic E-state index is 13.2. The van der Waals surface area contributed by atoms with Crippen molar-refractivity contribution in [1.29, 1.82) is 0 Å². The minimum absolute atomic E-state index is 0.258. The molecule has 8 heteroatoms. The molecule has 1 aromatic heterocycles. The first-order valence-electron chi connectivity index (χ1n) is 9.38. The average molecular weight is 399 g/mol. The van der Waals surface area contributed by atoms with E-state index >= 15 is 0 Å². The van der Waals surface area contributed by atoms with Crippen molar-refractivity contribution in [3.05, 3.63) is 53.5 Å². The highest BCUT2D eigenvalue weighted by Gasteiger charge is 2.51. The molecule has 1 aliphatic rings. The van der Waals surface area contributed by atoms with Gasteiger partial charge in [-0.25, -0.2) is 4.79 Å². The van der Waals surface area contributed by atoms with Crippen LogP contribution in [0.5, 0.6) is 5.75 Å². The molecule has 0 bridgehead atoms. The van der Waals surface area contributed by atoms with Crippen LogP contribution in [0.25, 0.3) is 0 Å². The van der Waals surface area contributed by atoms with Crippen molar-refractivity contribution in [3.8, 4) is 5.75 Å². The Kier molecular flexibility index (Phi) is 5.63. The number of carbonyl (C=O) groups is 3. The first-order chi connectivity index (χ1) is 13.8. The number of nitrogens with zero attached hydrogens (tertiary/aromatic N) is 2. The van der Waals surface area contributed by atoms with Crippen LogP contribution in [0.2, 0.25) is 0 Å². The quantitative estimate of drug-likeness (QED) is 0.722. The number of hydrogen-bond acceptors (Lipinski definition) is 5. The Morgan fingerprint density at radius 1 is 1.21 bits per heavy atom. The highest BCUT2D eigenvalue weighted by atomic mass is 16.5. The molecule has 4 amide bonds. The van der Waals surface area contributed by atoms with Crippen LogP contribution in [0.4, 0.5) is 4.79 Å².